The van der Waals surface area contributed by atoms with Crippen LogP contribution >= 0.6 is 0 Å². The summed E-state index contributed by atoms with van der Waals surface area (Å²) < 4.78 is 0. The zero-order valence-electron chi connectivity index (χ0n) is 12.5. The summed E-state index contributed by atoms with van der Waals surface area (Å²) >= 11 is 0. The number of rotatable bonds is 9. The maximum atomic E-state index is 12.0. The molecule has 0 bridgehead atoms. The minimum absolute atomic E-state index is 0.418. The van der Waals surface area contributed by atoms with Gasteiger partial charge in [-0.05, 0) is 25.2 Å². The zero-order chi connectivity index (χ0) is 13.2. The molecule has 1 fully saturated rings. The van der Waals surface area contributed by atoms with Crippen molar-refractivity contribution in [1.29, 1.82) is 0 Å². The van der Waals surface area contributed by atoms with Gasteiger partial charge in [0.15, 0.2) is 0 Å². The van der Waals surface area contributed by atoms with Crippen molar-refractivity contribution in [2.24, 2.45) is 11.8 Å². The van der Waals surface area contributed by atoms with Gasteiger partial charge in [0, 0.05) is 12.3 Å². The number of unbranched alkanes of at least 4 members (excludes halogenated alkanes) is 6. The Kier molecular flexibility index (Phi) is 8.37. The van der Waals surface area contributed by atoms with E-state index in [1.807, 2.05) is 0 Å². The Hall–Kier alpha value is -0.330. The van der Waals surface area contributed by atoms with Crippen molar-refractivity contribution in [3.8, 4) is 0 Å². The smallest absolute Gasteiger partial charge is 0.135 e. The summed E-state index contributed by atoms with van der Waals surface area (Å²) in [5, 5.41) is 0. The number of Topliss-reactive ketones (excluding diaryl/α,β-unsaturated/α-hetero) is 1. The highest BCUT2D eigenvalue weighted by atomic mass is 16.1. The van der Waals surface area contributed by atoms with E-state index in [1.165, 1.54) is 51.4 Å². The predicted octanol–water partition coefficient (Wildman–Crippen LogP) is 5.52. The molecule has 1 saturated carbocycles. The van der Waals surface area contributed by atoms with E-state index in [4.69, 9.17) is 0 Å². The summed E-state index contributed by atoms with van der Waals surface area (Å²) in [5.74, 6) is 1.84. The van der Waals surface area contributed by atoms with Gasteiger partial charge in [-0.15, -0.1) is 0 Å². The van der Waals surface area contributed by atoms with Crippen LogP contribution in [0.5, 0.6) is 0 Å². The second kappa shape index (κ2) is 9.58. The summed E-state index contributed by atoms with van der Waals surface area (Å²) in [5.41, 5.74) is 0. The van der Waals surface area contributed by atoms with Gasteiger partial charge in [0.2, 0.25) is 0 Å². The fourth-order valence-corrected chi connectivity index (χ4v) is 3.04. The molecule has 1 aliphatic carbocycles. The molecule has 0 aromatic carbocycles. The number of ketones is 1. The lowest BCUT2D eigenvalue weighted by atomic mass is 9.80. The van der Waals surface area contributed by atoms with E-state index in [1.54, 1.807) is 0 Å². The second-order valence-electron chi connectivity index (χ2n) is 6.29. The van der Waals surface area contributed by atoms with E-state index in [-0.39, 0.29) is 0 Å². The minimum Gasteiger partial charge on any atom is -0.299 e. The molecule has 106 valence electrons. The van der Waals surface area contributed by atoms with Gasteiger partial charge in [0.25, 0.3) is 0 Å². The van der Waals surface area contributed by atoms with Gasteiger partial charge < -0.3 is 0 Å². The number of carbonyl (C=O) groups excluding carboxylic acids is 1. The van der Waals surface area contributed by atoms with Crippen LogP contribution in [0.4, 0.5) is 0 Å². The maximum Gasteiger partial charge on any atom is 0.135 e. The highest BCUT2D eigenvalue weighted by Crippen LogP contribution is 2.29. The highest BCUT2D eigenvalue weighted by molar-refractivity contribution is 5.80. The Labute approximate surface area is 114 Å². The van der Waals surface area contributed by atoms with Gasteiger partial charge in [-0.2, -0.15) is 0 Å². The lowest BCUT2D eigenvalue weighted by Crippen LogP contribution is -2.20. The molecule has 1 nitrogen and oxygen atoms in total. The van der Waals surface area contributed by atoms with Crippen molar-refractivity contribution in [3.63, 3.8) is 0 Å². The number of carbonyl (C=O) groups is 1. The van der Waals surface area contributed by atoms with E-state index in [0.717, 1.165) is 31.6 Å². The lowest BCUT2D eigenvalue weighted by Gasteiger charge is -2.25. The van der Waals surface area contributed by atoms with Crippen LogP contribution in [0.3, 0.4) is 0 Å². The molecule has 0 aliphatic heterocycles. The average Bonchev–Trinajstić information content (AvgIpc) is 2.38. The first kappa shape index (κ1) is 15.7. The predicted molar refractivity (Wildman–Crippen MR) is 78.7 cm³/mol. The average molecular weight is 252 g/mol. The molecule has 0 aromatic heterocycles. The molecule has 0 heterocycles. The quantitative estimate of drug-likeness (QED) is 0.494. The Morgan fingerprint density at radius 1 is 0.889 bits per heavy atom. The maximum absolute atomic E-state index is 12.0. The van der Waals surface area contributed by atoms with Gasteiger partial charge >= 0.3 is 0 Å². The van der Waals surface area contributed by atoms with Crippen molar-refractivity contribution < 1.29 is 4.79 Å². The Balaban J connectivity index is 1.96. The standard InChI is InChI=1S/C17H32O/c1-3-4-5-6-7-8-9-10-17(18)16-13-11-15(2)12-14-16/h15-16H,3-14H2,1-2H3. The van der Waals surface area contributed by atoms with Crippen molar-refractivity contribution in [1.82, 2.24) is 0 Å². The fraction of sp³-hybridized carbons (Fsp3) is 0.941. The Morgan fingerprint density at radius 3 is 2.06 bits per heavy atom. The zero-order valence-corrected chi connectivity index (χ0v) is 12.5. The monoisotopic (exact) mass is 252 g/mol. The summed E-state index contributed by atoms with van der Waals surface area (Å²) in [6.45, 7) is 4.57. The first-order chi connectivity index (χ1) is 8.74. The molecule has 1 rings (SSSR count). The van der Waals surface area contributed by atoms with Gasteiger partial charge in [0.1, 0.15) is 5.78 Å². The summed E-state index contributed by atoms with van der Waals surface area (Å²) in [7, 11) is 0. The molecule has 0 spiro atoms. The fourth-order valence-electron chi connectivity index (χ4n) is 3.04. The second-order valence-corrected chi connectivity index (χ2v) is 6.29. The molecule has 0 atom stereocenters. The third-order valence-electron chi connectivity index (χ3n) is 4.50. The third kappa shape index (κ3) is 6.56. The molecule has 1 aliphatic rings. The molecular formula is C17H32O. The number of hydrogen-bond acceptors (Lipinski definition) is 1. The van der Waals surface area contributed by atoms with Crippen molar-refractivity contribution >= 4 is 5.78 Å². The summed E-state index contributed by atoms with van der Waals surface area (Å²) in [6.07, 6.45) is 14.9. The van der Waals surface area contributed by atoms with Gasteiger partial charge in [-0.25, -0.2) is 0 Å². The normalized spacial score (nSPS) is 24.1. The van der Waals surface area contributed by atoms with Crippen LogP contribution in [0.2, 0.25) is 0 Å². The lowest BCUT2D eigenvalue weighted by molar-refractivity contribution is -0.124. The van der Waals surface area contributed by atoms with Crippen molar-refractivity contribution in [2.75, 3.05) is 0 Å². The summed E-state index contributed by atoms with van der Waals surface area (Å²) in [4.78, 5) is 12.0. The van der Waals surface area contributed by atoms with E-state index < -0.39 is 0 Å². The SMILES string of the molecule is CCCCCCCCCC(=O)C1CCC(C)CC1. The number of hydrogen-bond donors (Lipinski definition) is 0. The van der Waals surface area contributed by atoms with Crippen molar-refractivity contribution in [3.05, 3.63) is 0 Å². The van der Waals surface area contributed by atoms with Gasteiger partial charge in [-0.1, -0.05) is 65.2 Å². The van der Waals surface area contributed by atoms with E-state index in [9.17, 15) is 4.79 Å². The first-order valence-electron chi connectivity index (χ1n) is 8.26. The Morgan fingerprint density at radius 2 is 1.44 bits per heavy atom. The molecule has 0 unspecified atom stereocenters. The molecule has 0 N–H and O–H groups in total. The Bertz CT molecular complexity index is 214. The molecule has 0 amide bonds. The largest absolute Gasteiger partial charge is 0.299 e. The van der Waals surface area contributed by atoms with Gasteiger partial charge in [0.05, 0.1) is 0 Å². The molecule has 0 radical (unpaired) electrons. The molecule has 0 saturated heterocycles. The van der Waals surface area contributed by atoms with E-state index in [2.05, 4.69) is 13.8 Å². The minimum atomic E-state index is 0.418. The van der Waals surface area contributed by atoms with Crippen LogP contribution in [0, 0.1) is 11.8 Å². The van der Waals surface area contributed by atoms with Crippen LogP contribution < -0.4 is 0 Å². The third-order valence-corrected chi connectivity index (χ3v) is 4.50. The summed E-state index contributed by atoms with van der Waals surface area (Å²) in [6, 6.07) is 0. The van der Waals surface area contributed by atoms with Crippen LogP contribution in [-0.2, 0) is 4.79 Å². The molecule has 0 aromatic rings. The topological polar surface area (TPSA) is 17.1 Å². The molecule has 1 heteroatoms. The van der Waals surface area contributed by atoms with Crippen LogP contribution in [0.15, 0.2) is 0 Å². The van der Waals surface area contributed by atoms with E-state index in [0.29, 0.717) is 11.7 Å². The molecule has 18 heavy (non-hydrogen) atoms. The van der Waals surface area contributed by atoms with Crippen LogP contribution in [-0.4, -0.2) is 5.78 Å². The van der Waals surface area contributed by atoms with Crippen molar-refractivity contribution in [2.45, 2.75) is 90.9 Å². The van der Waals surface area contributed by atoms with Gasteiger partial charge in [-0.3, -0.25) is 4.79 Å². The molecular weight excluding hydrogens is 220 g/mol. The van der Waals surface area contributed by atoms with Crippen LogP contribution in [0.1, 0.15) is 90.9 Å². The van der Waals surface area contributed by atoms with E-state index >= 15 is 0 Å². The van der Waals surface area contributed by atoms with Crippen LogP contribution in [0.25, 0.3) is 0 Å². The first-order valence-corrected chi connectivity index (χ1v) is 8.26. The highest BCUT2D eigenvalue weighted by Gasteiger charge is 2.23.